The lowest BCUT2D eigenvalue weighted by molar-refractivity contribution is -0.384. The van der Waals surface area contributed by atoms with Gasteiger partial charge in [0.25, 0.3) is 5.69 Å². The molecule has 0 spiro atoms. The van der Waals surface area contributed by atoms with Crippen LogP contribution >= 0.6 is 27.3 Å². The second-order valence-electron chi connectivity index (χ2n) is 6.26. The second kappa shape index (κ2) is 9.02. The maximum absolute atomic E-state index is 10.7. The normalized spacial score (nSPS) is 11.1. The average molecular weight is 483 g/mol. The highest BCUT2D eigenvalue weighted by Crippen LogP contribution is 2.27. The summed E-state index contributed by atoms with van der Waals surface area (Å²) in [5.41, 5.74) is 5.69. The van der Waals surface area contributed by atoms with Crippen LogP contribution in [0.5, 0.6) is 5.75 Å². The van der Waals surface area contributed by atoms with Crippen molar-refractivity contribution in [3.8, 4) is 5.75 Å². The van der Waals surface area contributed by atoms with Gasteiger partial charge >= 0.3 is 0 Å². The van der Waals surface area contributed by atoms with Crippen LogP contribution in [0.4, 0.5) is 10.8 Å². The Morgan fingerprint density at radius 2 is 1.97 bits per heavy atom. The number of nitro groups is 1. The minimum Gasteiger partial charge on any atom is -0.488 e. The van der Waals surface area contributed by atoms with E-state index in [9.17, 15) is 10.1 Å². The molecule has 4 aromatic rings. The Hall–Kier alpha value is -3.30. The molecule has 0 aliphatic carbocycles. The number of hydrazone groups is 1. The van der Waals surface area contributed by atoms with Crippen LogP contribution in [0, 0.1) is 10.1 Å². The Bertz CT molecular complexity index is 1190. The fourth-order valence-electron chi connectivity index (χ4n) is 2.67. The second-order valence-corrected chi connectivity index (χ2v) is 8.14. The quantitative estimate of drug-likeness (QED) is 0.198. The van der Waals surface area contributed by atoms with Gasteiger partial charge in [0, 0.05) is 12.1 Å². The van der Waals surface area contributed by atoms with Gasteiger partial charge in [-0.3, -0.25) is 15.5 Å². The molecule has 0 saturated heterocycles. The van der Waals surface area contributed by atoms with Crippen molar-refractivity contribution in [2.75, 3.05) is 5.43 Å². The van der Waals surface area contributed by atoms with Gasteiger partial charge in [0.05, 0.1) is 25.8 Å². The van der Waals surface area contributed by atoms with Crippen LogP contribution < -0.4 is 10.2 Å². The highest BCUT2D eigenvalue weighted by Gasteiger charge is 2.06. The Kier molecular flexibility index (Phi) is 6.01. The SMILES string of the molecule is O=[N+]([O-])c1ccc(COc2ccc(/C=N/Nc3nc4ccccc4s3)cc2Br)cc1. The number of anilines is 1. The van der Waals surface area contributed by atoms with Gasteiger partial charge in [-0.05, 0) is 69.5 Å². The molecule has 0 bridgehead atoms. The van der Waals surface area contributed by atoms with Crippen molar-refractivity contribution in [2.24, 2.45) is 5.10 Å². The predicted molar refractivity (Wildman–Crippen MR) is 122 cm³/mol. The first-order valence-corrected chi connectivity index (χ1v) is 10.5. The molecule has 1 N–H and O–H groups in total. The fraction of sp³-hybridized carbons (Fsp3) is 0.0476. The van der Waals surface area contributed by atoms with E-state index < -0.39 is 4.92 Å². The van der Waals surface area contributed by atoms with Crippen molar-refractivity contribution < 1.29 is 9.66 Å². The van der Waals surface area contributed by atoms with E-state index in [0.717, 1.165) is 30.9 Å². The number of hydrogen-bond donors (Lipinski definition) is 1. The summed E-state index contributed by atoms with van der Waals surface area (Å²) < 4.78 is 7.69. The molecule has 0 saturated carbocycles. The number of nitrogens with one attached hydrogen (secondary N) is 1. The Labute approximate surface area is 184 Å². The first kappa shape index (κ1) is 20.0. The summed E-state index contributed by atoms with van der Waals surface area (Å²) >= 11 is 5.05. The highest BCUT2D eigenvalue weighted by molar-refractivity contribution is 9.10. The van der Waals surface area contributed by atoms with Crippen molar-refractivity contribution in [3.63, 3.8) is 0 Å². The van der Waals surface area contributed by atoms with Crippen molar-refractivity contribution in [2.45, 2.75) is 6.61 Å². The van der Waals surface area contributed by atoms with Gasteiger partial charge in [0.2, 0.25) is 5.13 Å². The molecule has 3 aromatic carbocycles. The molecule has 30 heavy (non-hydrogen) atoms. The molecule has 0 aliphatic heterocycles. The minimum atomic E-state index is -0.423. The van der Waals surface area contributed by atoms with Gasteiger partial charge < -0.3 is 4.74 Å². The number of non-ortho nitro benzene ring substituents is 1. The molecular weight excluding hydrogens is 468 g/mol. The first-order chi connectivity index (χ1) is 14.6. The Morgan fingerprint density at radius 1 is 1.17 bits per heavy atom. The topological polar surface area (TPSA) is 89.7 Å². The molecule has 0 fully saturated rings. The number of thiazole rings is 1. The van der Waals surface area contributed by atoms with Crippen molar-refractivity contribution in [3.05, 3.63) is 92.4 Å². The van der Waals surface area contributed by atoms with E-state index in [4.69, 9.17) is 4.74 Å². The standard InChI is InChI=1S/C21H15BrN4O3S/c22-17-11-15(12-23-25-21-24-18-3-1-2-4-20(18)30-21)7-10-19(17)29-13-14-5-8-16(9-6-14)26(27)28/h1-12H,13H2,(H,24,25)/b23-12+. The van der Waals surface area contributed by atoms with Crippen LogP contribution in [0.2, 0.25) is 0 Å². The summed E-state index contributed by atoms with van der Waals surface area (Å²) in [4.78, 5) is 14.8. The summed E-state index contributed by atoms with van der Waals surface area (Å²) in [5.74, 6) is 0.671. The van der Waals surface area contributed by atoms with Crippen LogP contribution in [-0.2, 0) is 6.61 Å². The van der Waals surface area contributed by atoms with Gasteiger partial charge in [-0.2, -0.15) is 5.10 Å². The summed E-state index contributed by atoms with van der Waals surface area (Å²) in [5, 5.41) is 15.7. The zero-order chi connectivity index (χ0) is 20.9. The first-order valence-electron chi connectivity index (χ1n) is 8.89. The molecule has 150 valence electrons. The van der Waals surface area contributed by atoms with Crippen LogP contribution in [0.1, 0.15) is 11.1 Å². The fourth-order valence-corrected chi connectivity index (χ4v) is 4.00. The van der Waals surface area contributed by atoms with Gasteiger partial charge in [-0.15, -0.1) is 0 Å². The molecule has 7 nitrogen and oxygen atoms in total. The van der Waals surface area contributed by atoms with Crippen LogP contribution in [0.15, 0.2) is 76.3 Å². The van der Waals surface area contributed by atoms with Crippen LogP contribution in [0.3, 0.4) is 0 Å². The smallest absolute Gasteiger partial charge is 0.269 e. The molecule has 0 atom stereocenters. The van der Waals surface area contributed by atoms with E-state index in [2.05, 4.69) is 31.4 Å². The molecule has 0 amide bonds. The summed E-state index contributed by atoms with van der Waals surface area (Å²) in [6.45, 7) is 0.309. The van der Waals surface area contributed by atoms with Gasteiger partial charge in [0.1, 0.15) is 12.4 Å². The number of para-hydroxylation sites is 1. The van der Waals surface area contributed by atoms with Crippen LogP contribution in [-0.4, -0.2) is 16.1 Å². The van der Waals surface area contributed by atoms with E-state index in [1.54, 1.807) is 29.7 Å². The van der Waals surface area contributed by atoms with E-state index in [1.165, 1.54) is 12.1 Å². The Balaban J connectivity index is 1.36. The van der Waals surface area contributed by atoms with Crippen LogP contribution in [0.25, 0.3) is 10.2 Å². The zero-order valence-electron chi connectivity index (χ0n) is 15.5. The number of nitro benzene ring substituents is 1. The average Bonchev–Trinajstić information content (AvgIpc) is 3.16. The van der Waals surface area contributed by atoms with Crippen molar-refractivity contribution in [1.82, 2.24) is 4.98 Å². The molecular formula is C21H15BrN4O3S. The third-order valence-corrected chi connectivity index (χ3v) is 5.73. The maximum Gasteiger partial charge on any atom is 0.269 e. The number of fused-ring (bicyclic) bond motifs is 1. The largest absolute Gasteiger partial charge is 0.488 e. The van der Waals surface area contributed by atoms with E-state index in [0.29, 0.717) is 12.4 Å². The lowest BCUT2D eigenvalue weighted by Gasteiger charge is -2.09. The summed E-state index contributed by atoms with van der Waals surface area (Å²) in [6, 6.07) is 19.8. The number of halogens is 1. The monoisotopic (exact) mass is 482 g/mol. The predicted octanol–water partition coefficient (Wildman–Crippen LogP) is 5.99. The molecule has 4 rings (SSSR count). The Morgan fingerprint density at radius 3 is 2.70 bits per heavy atom. The number of benzene rings is 3. The number of ether oxygens (including phenoxy) is 1. The van der Waals surface area contributed by atoms with Crippen molar-refractivity contribution >= 4 is 54.5 Å². The summed E-state index contributed by atoms with van der Waals surface area (Å²) in [6.07, 6.45) is 1.71. The molecule has 1 heterocycles. The molecule has 0 unspecified atom stereocenters. The number of rotatable bonds is 7. The third-order valence-electron chi connectivity index (χ3n) is 4.17. The van der Waals surface area contributed by atoms with Gasteiger partial charge in [-0.25, -0.2) is 4.98 Å². The van der Waals surface area contributed by atoms with E-state index in [1.807, 2.05) is 42.5 Å². The van der Waals surface area contributed by atoms with Gasteiger partial charge in [-0.1, -0.05) is 23.5 Å². The molecule has 0 radical (unpaired) electrons. The summed E-state index contributed by atoms with van der Waals surface area (Å²) in [7, 11) is 0. The molecule has 1 aromatic heterocycles. The zero-order valence-corrected chi connectivity index (χ0v) is 17.9. The van der Waals surface area contributed by atoms with Gasteiger partial charge in [0.15, 0.2) is 0 Å². The number of hydrogen-bond acceptors (Lipinski definition) is 7. The molecule has 0 aliphatic rings. The maximum atomic E-state index is 10.7. The lowest BCUT2D eigenvalue weighted by atomic mass is 10.2. The lowest BCUT2D eigenvalue weighted by Crippen LogP contribution is -1.97. The number of aromatic nitrogens is 1. The van der Waals surface area contributed by atoms with Crippen molar-refractivity contribution in [1.29, 1.82) is 0 Å². The number of nitrogens with zero attached hydrogens (tertiary/aromatic N) is 3. The highest BCUT2D eigenvalue weighted by atomic mass is 79.9. The van der Waals surface area contributed by atoms with E-state index >= 15 is 0 Å². The minimum absolute atomic E-state index is 0.0584. The third kappa shape index (κ3) is 4.81. The molecule has 9 heteroatoms. The van der Waals surface area contributed by atoms with E-state index in [-0.39, 0.29) is 5.69 Å².